The first kappa shape index (κ1) is 18.5. The third kappa shape index (κ3) is 3.58. The molecule has 1 aromatic carbocycles. The zero-order valence-corrected chi connectivity index (χ0v) is 17.1. The summed E-state index contributed by atoms with van der Waals surface area (Å²) in [7, 11) is 0. The predicted octanol–water partition coefficient (Wildman–Crippen LogP) is 3.00. The van der Waals surface area contributed by atoms with Crippen molar-refractivity contribution in [1.82, 2.24) is 29.5 Å². The zero-order chi connectivity index (χ0) is 20.7. The van der Waals surface area contributed by atoms with E-state index in [1.165, 1.54) is 6.33 Å². The number of hydrogen-bond acceptors (Lipinski definition) is 8. The quantitative estimate of drug-likeness (QED) is 0.424. The molecule has 1 aliphatic heterocycles. The van der Waals surface area contributed by atoms with Crippen molar-refractivity contribution in [3.63, 3.8) is 0 Å². The molecular weight excluding hydrogens is 398 g/mol. The van der Waals surface area contributed by atoms with E-state index in [1.54, 1.807) is 44.3 Å². The van der Waals surface area contributed by atoms with Gasteiger partial charge < -0.3 is 15.0 Å². The molecule has 8 nitrogen and oxygen atoms in total. The highest BCUT2D eigenvalue weighted by atomic mass is 32.2. The number of benzene rings is 1. The van der Waals surface area contributed by atoms with E-state index >= 15 is 0 Å². The maximum absolute atomic E-state index is 9.85. The minimum atomic E-state index is -1.10. The standard InChI is InChI=1S/C21H17N7OS/c1-21(2,29)6-5-14-17-19(25-11-24-14)28(12-26-17)10-13-3-4-16-15(9-13)27-18-20(30-16)23-8-7-22-18/h3-4,7-9,11-12,29H,10H2,1-2H3,(H,22,27). The van der Waals surface area contributed by atoms with Gasteiger partial charge in [-0.15, -0.1) is 0 Å². The normalized spacial score (nSPS) is 12.5. The van der Waals surface area contributed by atoms with Gasteiger partial charge in [0.2, 0.25) is 0 Å². The van der Waals surface area contributed by atoms with Crippen molar-refractivity contribution in [3.05, 3.63) is 54.5 Å². The van der Waals surface area contributed by atoms with Crippen LogP contribution in [0, 0.1) is 11.8 Å². The van der Waals surface area contributed by atoms with Crippen LogP contribution in [0.15, 0.2) is 53.2 Å². The van der Waals surface area contributed by atoms with E-state index < -0.39 is 5.60 Å². The molecule has 9 heteroatoms. The number of rotatable bonds is 2. The average molecular weight is 415 g/mol. The second kappa shape index (κ2) is 7.09. The van der Waals surface area contributed by atoms with Gasteiger partial charge in [-0.25, -0.2) is 24.9 Å². The van der Waals surface area contributed by atoms with E-state index in [4.69, 9.17) is 0 Å². The summed E-state index contributed by atoms with van der Waals surface area (Å²) in [6.07, 6.45) is 6.57. The zero-order valence-electron chi connectivity index (χ0n) is 16.3. The molecule has 0 unspecified atom stereocenters. The lowest BCUT2D eigenvalue weighted by molar-refractivity contribution is 0.143. The first-order chi connectivity index (χ1) is 14.5. The van der Waals surface area contributed by atoms with Crippen LogP contribution in [-0.4, -0.2) is 40.2 Å². The molecule has 3 aromatic heterocycles. The van der Waals surface area contributed by atoms with Crippen LogP contribution >= 0.6 is 11.8 Å². The fraction of sp³-hybridized carbons (Fsp3) is 0.190. The Morgan fingerprint density at radius 3 is 2.87 bits per heavy atom. The van der Waals surface area contributed by atoms with Crippen molar-refractivity contribution < 1.29 is 5.11 Å². The number of aliphatic hydroxyl groups is 1. The van der Waals surface area contributed by atoms with Crippen LogP contribution in [-0.2, 0) is 6.54 Å². The van der Waals surface area contributed by atoms with Crippen LogP contribution in [0.4, 0.5) is 11.5 Å². The Hall–Kier alpha value is -3.48. The number of anilines is 2. The summed E-state index contributed by atoms with van der Waals surface area (Å²) in [6, 6.07) is 6.26. The SMILES string of the molecule is CC(C)(O)C#Cc1ncnc2c1ncn2Cc1ccc2c(c1)Nc1nccnc1S2. The molecule has 0 saturated heterocycles. The van der Waals surface area contributed by atoms with Gasteiger partial charge in [-0.2, -0.15) is 0 Å². The summed E-state index contributed by atoms with van der Waals surface area (Å²) in [5, 5.41) is 14.1. The third-order valence-electron chi connectivity index (χ3n) is 4.41. The van der Waals surface area contributed by atoms with Crippen molar-refractivity contribution in [3.8, 4) is 11.8 Å². The summed E-state index contributed by atoms with van der Waals surface area (Å²) in [5.41, 5.74) is 2.81. The molecule has 148 valence electrons. The van der Waals surface area contributed by atoms with E-state index in [2.05, 4.69) is 60.3 Å². The molecule has 0 radical (unpaired) electrons. The van der Waals surface area contributed by atoms with Crippen molar-refractivity contribution in [1.29, 1.82) is 0 Å². The van der Waals surface area contributed by atoms with Crippen LogP contribution in [0.25, 0.3) is 11.2 Å². The molecule has 2 N–H and O–H groups in total. The smallest absolute Gasteiger partial charge is 0.164 e. The molecule has 5 rings (SSSR count). The number of aromatic nitrogens is 6. The summed E-state index contributed by atoms with van der Waals surface area (Å²) in [4.78, 5) is 22.9. The summed E-state index contributed by atoms with van der Waals surface area (Å²) in [6.45, 7) is 3.85. The maximum Gasteiger partial charge on any atom is 0.164 e. The second-order valence-corrected chi connectivity index (χ2v) is 8.37. The van der Waals surface area contributed by atoms with Crippen molar-refractivity contribution in [2.75, 3.05) is 5.32 Å². The highest BCUT2D eigenvalue weighted by Crippen LogP contribution is 2.42. The Labute approximate surface area is 176 Å². The number of nitrogens with one attached hydrogen (secondary N) is 1. The molecule has 0 atom stereocenters. The van der Waals surface area contributed by atoms with Gasteiger partial charge in [-0.1, -0.05) is 23.7 Å². The Balaban J connectivity index is 1.45. The largest absolute Gasteiger partial charge is 0.378 e. The Morgan fingerprint density at radius 2 is 2.00 bits per heavy atom. The Morgan fingerprint density at radius 1 is 1.13 bits per heavy atom. The van der Waals surface area contributed by atoms with E-state index in [1.807, 2.05) is 4.57 Å². The lowest BCUT2D eigenvalue weighted by atomic mass is 10.1. The predicted molar refractivity (Wildman–Crippen MR) is 113 cm³/mol. The van der Waals surface area contributed by atoms with Crippen LogP contribution in [0.3, 0.4) is 0 Å². The fourth-order valence-electron chi connectivity index (χ4n) is 3.08. The topological polar surface area (TPSA) is 102 Å². The number of nitrogens with zero attached hydrogens (tertiary/aromatic N) is 6. The van der Waals surface area contributed by atoms with Crippen LogP contribution < -0.4 is 5.32 Å². The van der Waals surface area contributed by atoms with Gasteiger partial charge in [-0.05, 0) is 37.5 Å². The summed E-state index contributed by atoms with van der Waals surface area (Å²) >= 11 is 1.60. The van der Waals surface area contributed by atoms with Crippen LogP contribution in [0.5, 0.6) is 0 Å². The van der Waals surface area contributed by atoms with E-state index in [0.717, 1.165) is 27.0 Å². The van der Waals surface area contributed by atoms with Gasteiger partial charge in [0, 0.05) is 17.3 Å². The molecule has 0 aliphatic carbocycles. The number of imidazole rings is 1. The summed E-state index contributed by atoms with van der Waals surface area (Å²) < 4.78 is 1.96. The fourth-order valence-corrected chi connectivity index (χ4v) is 3.95. The monoisotopic (exact) mass is 415 g/mol. The van der Waals surface area contributed by atoms with Crippen molar-refractivity contribution in [2.45, 2.75) is 35.9 Å². The molecule has 0 fully saturated rings. The van der Waals surface area contributed by atoms with Crippen molar-refractivity contribution in [2.24, 2.45) is 0 Å². The molecule has 0 bridgehead atoms. The average Bonchev–Trinajstić information content (AvgIpc) is 3.13. The minimum absolute atomic E-state index is 0.500. The van der Waals surface area contributed by atoms with E-state index in [-0.39, 0.29) is 0 Å². The van der Waals surface area contributed by atoms with E-state index in [9.17, 15) is 5.11 Å². The Kier molecular flexibility index (Phi) is 4.38. The van der Waals surface area contributed by atoms with Gasteiger partial charge in [-0.3, -0.25) is 0 Å². The van der Waals surface area contributed by atoms with Crippen LogP contribution in [0.2, 0.25) is 0 Å². The van der Waals surface area contributed by atoms with Gasteiger partial charge in [0.05, 0.1) is 18.6 Å². The van der Waals surface area contributed by atoms with Gasteiger partial charge >= 0.3 is 0 Å². The molecule has 0 amide bonds. The summed E-state index contributed by atoms with van der Waals surface area (Å²) in [5.74, 6) is 6.45. The number of fused-ring (bicyclic) bond motifs is 3. The van der Waals surface area contributed by atoms with Crippen LogP contribution in [0.1, 0.15) is 25.1 Å². The van der Waals surface area contributed by atoms with Gasteiger partial charge in [0.1, 0.15) is 28.2 Å². The second-order valence-electron chi connectivity index (χ2n) is 7.34. The molecular formula is C21H17N7OS. The molecule has 1 aliphatic rings. The minimum Gasteiger partial charge on any atom is -0.378 e. The first-order valence-corrected chi connectivity index (χ1v) is 10.1. The molecule has 4 heterocycles. The van der Waals surface area contributed by atoms with Gasteiger partial charge in [0.25, 0.3) is 0 Å². The molecule has 0 spiro atoms. The number of hydrogen-bond donors (Lipinski definition) is 2. The van der Waals surface area contributed by atoms with E-state index in [0.29, 0.717) is 23.4 Å². The Bertz CT molecular complexity index is 1330. The molecule has 4 aromatic rings. The first-order valence-electron chi connectivity index (χ1n) is 9.26. The highest BCUT2D eigenvalue weighted by Gasteiger charge is 2.18. The lowest BCUT2D eigenvalue weighted by Crippen LogP contribution is -2.14. The van der Waals surface area contributed by atoms with Gasteiger partial charge in [0.15, 0.2) is 11.5 Å². The highest BCUT2D eigenvalue weighted by molar-refractivity contribution is 7.99. The van der Waals surface area contributed by atoms with Crippen molar-refractivity contribution >= 4 is 34.4 Å². The maximum atomic E-state index is 9.85. The molecule has 30 heavy (non-hydrogen) atoms. The third-order valence-corrected chi connectivity index (χ3v) is 5.48. The molecule has 0 saturated carbocycles. The lowest BCUT2D eigenvalue weighted by Gasteiger charge is -2.19.